The fraction of sp³-hybridized carbons (Fsp3) is 0.520. The minimum absolute atomic E-state index is 0.234. The van der Waals surface area contributed by atoms with Crippen molar-refractivity contribution < 1.29 is 19.0 Å². The highest BCUT2D eigenvalue weighted by molar-refractivity contribution is 9.10. The second kappa shape index (κ2) is 10.6. The van der Waals surface area contributed by atoms with Crippen LogP contribution in [-0.2, 0) is 11.3 Å². The molecule has 0 aliphatic carbocycles. The van der Waals surface area contributed by atoms with Crippen LogP contribution in [0.15, 0.2) is 33.0 Å². The van der Waals surface area contributed by atoms with Crippen LogP contribution in [0.1, 0.15) is 40.0 Å². The Morgan fingerprint density at radius 2 is 1.89 bits per heavy atom. The van der Waals surface area contributed by atoms with Gasteiger partial charge in [-0.1, -0.05) is 11.8 Å². The summed E-state index contributed by atoms with van der Waals surface area (Å²) < 4.78 is 20.0. The van der Waals surface area contributed by atoms with Crippen LogP contribution in [-0.4, -0.2) is 62.4 Å². The second-order valence-electron chi connectivity index (χ2n) is 10.2. The summed E-state index contributed by atoms with van der Waals surface area (Å²) in [5.74, 6) is 2.28. The van der Waals surface area contributed by atoms with Crippen LogP contribution in [0.25, 0.3) is 11.2 Å². The van der Waals surface area contributed by atoms with Crippen molar-refractivity contribution in [1.82, 2.24) is 24.4 Å². The molecule has 12 heteroatoms. The number of likely N-dealkylation sites (tertiary alicyclic amines) is 1. The van der Waals surface area contributed by atoms with Crippen molar-refractivity contribution in [2.24, 2.45) is 5.92 Å². The number of anilines is 1. The van der Waals surface area contributed by atoms with Crippen molar-refractivity contribution in [3.05, 3.63) is 22.9 Å². The van der Waals surface area contributed by atoms with Gasteiger partial charge >= 0.3 is 6.09 Å². The van der Waals surface area contributed by atoms with E-state index in [1.807, 2.05) is 37.8 Å². The number of halogens is 1. The first kappa shape index (κ1) is 25.9. The predicted molar refractivity (Wildman–Crippen MR) is 144 cm³/mol. The number of nitrogen functional groups attached to an aromatic ring is 1. The number of rotatable bonds is 5. The molecule has 0 atom stereocenters. The van der Waals surface area contributed by atoms with Gasteiger partial charge in [0, 0.05) is 29.0 Å². The Bertz CT molecular complexity index is 1300. The molecular formula is C25H31BrN6O4S. The van der Waals surface area contributed by atoms with Gasteiger partial charge in [0.15, 0.2) is 33.6 Å². The van der Waals surface area contributed by atoms with Crippen molar-refractivity contribution in [3.63, 3.8) is 0 Å². The number of ether oxygens (including phenoxy) is 3. The van der Waals surface area contributed by atoms with E-state index >= 15 is 0 Å². The second-order valence-corrected chi connectivity index (χ2v) is 12.1. The molecule has 1 saturated heterocycles. The van der Waals surface area contributed by atoms with Gasteiger partial charge in [-0.15, -0.1) is 0 Å². The minimum atomic E-state index is -0.486. The Labute approximate surface area is 228 Å². The molecule has 0 saturated carbocycles. The highest BCUT2D eigenvalue weighted by Crippen LogP contribution is 2.42. The number of hydrogen-bond donors (Lipinski definition) is 1. The number of aromatic nitrogens is 4. The summed E-state index contributed by atoms with van der Waals surface area (Å²) in [5.41, 5.74) is 6.98. The Hall–Kier alpha value is -2.73. The van der Waals surface area contributed by atoms with E-state index in [1.54, 1.807) is 0 Å². The number of imidazole rings is 1. The average molecular weight is 592 g/mol. The van der Waals surface area contributed by atoms with Crippen LogP contribution in [0.4, 0.5) is 10.6 Å². The normalized spacial score (nSPS) is 16.3. The maximum absolute atomic E-state index is 12.4. The molecule has 10 nitrogen and oxygen atoms in total. The fourth-order valence-electron chi connectivity index (χ4n) is 4.48. The molecular weight excluding hydrogens is 560 g/mol. The number of benzene rings is 1. The summed E-state index contributed by atoms with van der Waals surface area (Å²) in [6.45, 7) is 8.87. The number of carbonyl (C=O) groups is 1. The third-order valence-corrected chi connectivity index (χ3v) is 8.32. The first-order valence-corrected chi connectivity index (χ1v) is 14.0. The van der Waals surface area contributed by atoms with E-state index in [-0.39, 0.29) is 6.09 Å². The summed E-state index contributed by atoms with van der Waals surface area (Å²) >= 11 is 5.19. The zero-order valence-electron chi connectivity index (χ0n) is 21.2. The maximum atomic E-state index is 12.4. The zero-order chi connectivity index (χ0) is 26.2. The van der Waals surface area contributed by atoms with Gasteiger partial charge in [-0.25, -0.2) is 19.7 Å². The average Bonchev–Trinajstić information content (AvgIpc) is 3.21. The number of amides is 1. The molecule has 0 unspecified atom stereocenters. The zero-order valence-corrected chi connectivity index (χ0v) is 23.6. The van der Waals surface area contributed by atoms with Crippen LogP contribution in [0.2, 0.25) is 0 Å². The number of hydrogen-bond acceptors (Lipinski definition) is 9. The Balaban J connectivity index is 1.32. The molecule has 1 aromatic carbocycles. The lowest BCUT2D eigenvalue weighted by molar-refractivity contribution is 0.0180. The highest BCUT2D eigenvalue weighted by Gasteiger charge is 2.27. The summed E-state index contributed by atoms with van der Waals surface area (Å²) in [6.07, 6.45) is 4.04. The van der Waals surface area contributed by atoms with Crippen LogP contribution in [0, 0.1) is 5.92 Å². The van der Waals surface area contributed by atoms with Gasteiger partial charge in [-0.05, 0) is 74.0 Å². The Morgan fingerprint density at radius 1 is 1.19 bits per heavy atom. The van der Waals surface area contributed by atoms with E-state index in [9.17, 15) is 4.79 Å². The standard InChI is InChI=1S/C25H31BrN6O4S/c1-25(2,3)36-24(33)31-7-4-15(5-8-31)6-9-32-22-20(21(27)28-14-29-22)30-23(32)37-19-13-18-17(12-16(19)26)34-10-11-35-18/h12-15H,4-11H2,1-3H3,(H2,27,28,29). The van der Waals surface area contributed by atoms with Gasteiger partial charge in [-0.3, -0.25) is 0 Å². The largest absolute Gasteiger partial charge is 0.486 e. The van der Waals surface area contributed by atoms with Gasteiger partial charge in [-0.2, -0.15) is 0 Å². The Kier molecular flexibility index (Phi) is 7.39. The molecule has 0 radical (unpaired) electrons. The van der Waals surface area contributed by atoms with Crippen LogP contribution in [0.5, 0.6) is 11.5 Å². The van der Waals surface area contributed by atoms with Crippen molar-refractivity contribution in [2.75, 3.05) is 32.0 Å². The monoisotopic (exact) mass is 590 g/mol. The van der Waals surface area contributed by atoms with Crippen molar-refractivity contribution in [1.29, 1.82) is 0 Å². The van der Waals surface area contributed by atoms with Gasteiger partial charge in [0.25, 0.3) is 0 Å². The summed E-state index contributed by atoms with van der Waals surface area (Å²) in [4.78, 5) is 28.6. The topological polar surface area (TPSA) is 118 Å². The van der Waals surface area contributed by atoms with E-state index < -0.39 is 5.60 Å². The quantitative estimate of drug-likeness (QED) is 0.431. The predicted octanol–water partition coefficient (Wildman–Crippen LogP) is 5.13. The summed E-state index contributed by atoms with van der Waals surface area (Å²) in [5, 5.41) is 0.783. The van der Waals surface area contributed by atoms with Crippen LogP contribution in [0.3, 0.4) is 0 Å². The van der Waals surface area contributed by atoms with E-state index in [1.165, 1.54) is 18.1 Å². The molecule has 1 fully saturated rings. The molecule has 2 aliphatic heterocycles. The van der Waals surface area contributed by atoms with Crippen molar-refractivity contribution in [2.45, 2.75) is 62.2 Å². The molecule has 0 bridgehead atoms. The molecule has 3 aromatic rings. The molecule has 2 N–H and O–H groups in total. The molecule has 5 rings (SSSR count). The number of carbonyl (C=O) groups excluding carboxylic acids is 1. The molecule has 4 heterocycles. The number of aryl methyl sites for hydroxylation is 1. The van der Waals surface area contributed by atoms with Gasteiger partial charge in [0.1, 0.15) is 25.1 Å². The Morgan fingerprint density at radius 3 is 2.59 bits per heavy atom. The lowest BCUT2D eigenvalue weighted by Gasteiger charge is -2.33. The SMILES string of the molecule is CC(C)(C)OC(=O)N1CCC(CCn2c(Sc3cc4c(cc3Br)OCCO4)nc3c(N)ncnc32)CC1. The first-order valence-electron chi connectivity index (χ1n) is 12.4. The maximum Gasteiger partial charge on any atom is 0.410 e. The van der Waals surface area contributed by atoms with Gasteiger partial charge < -0.3 is 29.4 Å². The number of piperidine rings is 1. The number of nitrogens with two attached hydrogens (primary N) is 1. The highest BCUT2D eigenvalue weighted by atomic mass is 79.9. The number of nitrogens with zero attached hydrogens (tertiary/aromatic N) is 5. The fourth-order valence-corrected chi connectivity index (χ4v) is 5.99. The molecule has 0 spiro atoms. The minimum Gasteiger partial charge on any atom is -0.486 e. The molecule has 198 valence electrons. The summed E-state index contributed by atoms with van der Waals surface area (Å²) in [7, 11) is 0. The first-order chi connectivity index (χ1) is 17.7. The van der Waals surface area contributed by atoms with Crippen molar-refractivity contribution in [3.8, 4) is 11.5 Å². The van der Waals surface area contributed by atoms with E-state index in [2.05, 4.69) is 30.5 Å². The van der Waals surface area contributed by atoms with E-state index in [0.29, 0.717) is 43.6 Å². The molecule has 2 aliphatic rings. The van der Waals surface area contributed by atoms with Gasteiger partial charge in [0.05, 0.1) is 0 Å². The van der Waals surface area contributed by atoms with Crippen LogP contribution < -0.4 is 15.2 Å². The molecule has 2 aromatic heterocycles. The summed E-state index contributed by atoms with van der Waals surface area (Å²) in [6, 6.07) is 3.89. The third-order valence-electron chi connectivity index (χ3n) is 6.35. The molecule has 1 amide bonds. The van der Waals surface area contributed by atoms with E-state index in [0.717, 1.165) is 57.5 Å². The van der Waals surface area contributed by atoms with E-state index in [4.69, 9.17) is 24.9 Å². The van der Waals surface area contributed by atoms with Crippen LogP contribution >= 0.6 is 27.7 Å². The third kappa shape index (κ3) is 5.90. The smallest absolute Gasteiger partial charge is 0.410 e. The van der Waals surface area contributed by atoms with Gasteiger partial charge in [0.2, 0.25) is 0 Å². The molecule has 37 heavy (non-hydrogen) atoms. The van der Waals surface area contributed by atoms with Crippen molar-refractivity contribution >= 4 is 50.8 Å². The number of fused-ring (bicyclic) bond motifs is 2. The lowest BCUT2D eigenvalue weighted by Crippen LogP contribution is -2.41. The lowest BCUT2D eigenvalue weighted by atomic mass is 9.94.